The summed E-state index contributed by atoms with van der Waals surface area (Å²) in [4.78, 5) is 15.3. The van der Waals surface area contributed by atoms with Crippen molar-refractivity contribution in [2.75, 3.05) is 25.9 Å². The molecule has 30 heavy (non-hydrogen) atoms. The fourth-order valence-corrected chi connectivity index (χ4v) is 3.31. The van der Waals surface area contributed by atoms with Crippen molar-refractivity contribution in [3.63, 3.8) is 0 Å². The first kappa shape index (κ1) is 23.8. The summed E-state index contributed by atoms with van der Waals surface area (Å²) in [5, 5.41) is 10.6. The largest absolute Gasteiger partial charge is 0.382 e. The number of aromatic nitrogens is 4. The third-order valence-corrected chi connectivity index (χ3v) is 5.05. The lowest BCUT2D eigenvalue weighted by Crippen LogP contribution is -2.41. The van der Waals surface area contributed by atoms with Gasteiger partial charge in [-0.25, -0.2) is 19.3 Å². The first-order chi connectivity index (χ1) is 13.3. The number of hydrogen-bond acceptors (Lipinski definition) is 6. The number of aryl methyl sites for hydroxylation is 1. The van der Waals surface area contributed by atoms with E-state index in [0.717, 1.165) is 13.1 Å². The van der Waals surface area contributed by atoms with E-state index in [1.165, 1.54) is 12.1 Å². The number of fused-ring (bicyclic) bond motifs is 1. The minimum absolute atomic E-state index is 0. The zero-order valence-electron chi connectivity index (χ0n) is 16.6. The molecule has 1 fully saturated rings. The van der Waals surface area contributed by atoms with Crippen molar-refractivity contribution in [1.82, 2.24) is 24.4 Å². The average molecular weight is 453 g/mol. The topological polar surface area (TPSA) is 93.1 Å². The number of halogens is 3. The molecule has 7 nitrogen and oxygen atoms in total. The van der Waals surface area contributed by atoms with Gasteiger partial charge in [0, 0.05) is 38.5 Å². The van der Waals surface area contributed by atoms with Crippen molar-refractivity contribution in [2.24, 2.45) is 7.05 Å². The minimum atomic E-state index is -1.04. The summed E-state index contributed by atoms with van der Waals surface area (Å²) in [6.07, 6.45) is 1.15. The summed E-state index contributed by atoms with van der Waals surface area (Å²) < 4.78 is 15.3. The Bertz CT molecular complexity index is 1120. The molecule has 3 N–H and O–H groups in total. The second-order valence-corrected chi connectivity index (χ2v) is 7.19. The molecule has 2 aromatic heterocycles. The molecule has 160 valence electrons. The highest BCUT2D eigenvalue weighted by Gasteiger charge is 2.29. The number of anilines is 1. The number of benzene rings is 1. The van der Waals surface area contributed by atoms with Gasteiger partial charge in [-0.15, -0.1) is 24.8 Å². The molecule has 10 heteroatoms. The van der Waals surface area contributed by atoms with Crippen LogP contribution in [0.1, 0.15) is 18.7 Å². The van der Waals surface area contributed by atoms with Crippen molar-refractivity contribution < 1.29 is 9.50 Å². The molecule has 1 saturated heterocycles. The normalized spacial score (nSPS) is 15.6. The summed E-state index contributed by atoms with van der Waals surface area (Å²) in [7, 11) is 3.80. The Morgan fingerprint density at radius 1 is 1.13 bits per heavy atom. The molecule has 0 atom stereocenters. The Hall–Kier alpha value is -2.44. The van der Waals surface area contributed by atoms with Crippen molar-refractivity contribution in [1.29, 1.82) is 0 Å². The van der Waals surface area contributed by atoms with Crippen LogP contribution in [0.4, 0.5) is 10.2 Å². The molecule has 3 aromatic rings. The number of nitrogens with zero attached hydrogens (tertiary/aromatic N) is 5. The quantitative estimate of drug-likeness (QED) is 0.550. The Morgan fingerprint density at radius 2 is 1.83 bits per heavy atom. The second-order valence-electron chi connectivity index (χ2n) is 7.19. The van der Waals surface area contributed by atoms with Crippen LogP contribution < -0.4 is 5.73 Å². The van der Waals surface area contributed by atoms with E-state index < -0.39 is 5.60 Å². The van der Waals surface area contributed by atoms with Gasteiger partial charge in [0.05, 0.1) is 0 Å². The maximum atomic E-state index is 13.6. The van der Waals surface area contributed by atoms with Gasteiger partial charge < -0.3 is 20.3 Å². The molecule has 0 spiro atoms. The fraction of sp³-hybridized carbons (Fsp3) is 0.350. The highest BCUT2D eigenvalue weighted by atomic mass is 35.5. The molecule has 0 saturated carbocycles. The number of aliphatic hydroxyl groups is 1. The number of hydrogen-bond donors (Lipinski definition) is 2. The summed E-state index contributed by atoms with van der Waals surface area (Å²) >= 11 is 0. The maximum absolute atomic E-state index is 13.6. The summed E-state index contributed by atoms with van der Waals surface area (Å²) in [5.74, 6) is 6.39. The third-order valence-electron chi connectivity index (χ3n) is 5.05. The lowest BCUT2D eigenvalue weighted by atomic mass is 9.92. The number of nitrogen functional groups attached to an aromatic ring is 1. The molecule has 0 aliphatic carbocycles. The van der Waals surface area contributed by atoms with Crippen molar-refractivity contribution in [3.05, 3.63) is 35.9 Å². The summed E-state index contributed by atoms with van der Waals surface area (Å²) in [5.41, 5.74) is 6.59. The van der Waals surface area contributed by atoms with E-state index in [-0.39, 0.29) is 42.3 Å². The number of imidazole rings is 1. The van der Waals surface area contributed by atoms with Gasteiger partial charge in [0.1, 0.15) is 17.2 Å². The van der Waals surface area contributed by atoms with Crippen LogP contribution in [0.2, 0.25) is 0 Å². The van der Waals surface area contributed by atoms with Crippen LogP contribution in [-0.2, 0) is 7.05 Å². The van der Waals surface area contributed by atoms with E-state index in [1.54, 1.807) is 23.7 Å². The SMILES string of the molecule is CN1CCC(O)(C#Cc2nc(N)c3nc(-c4cccc(F)c4)n(C)c3n2)CC1.Cl.Cl. The van der Waals surface area contributed by atoms with Crippen LogP contribution in [0.3, 0.4) is 0 Å². The molecular formula is C20H23Cl2FN6O. The predicted molar refractivity (Wildman–Crippen MR) is 119 cm³/mol. The number of nitrogens with two attached hydrogens (primary N) is 1. The van der Waals surface area contributed by atoms with Gasteiger partial charge in [0.25, 0.3) is 0 Å². The van der Waals surface area contributed by atoms with Crippen LogP contribution in [0.15, 0.2) is 24.3 Å². The predicted octanol–water partition coefficient (Wildman–Crippen LogP) is 2.40. The van der Waals surface area contributed by atoms with Gasteiger partial charge in [0.15, 0.2) is 17.0 Å². The minimum Gasteiger partial charge on any atom is -0.382 e. The molecule has 1 aromatic carbocycles. The van der Waals surface area contributed by atoms with E-state index in [0.29, 0.717) is 35.4 Å². The standard InChI is InChI=1S/C20H21FN6O.2ClH/c1-26-10-8-20(28,9-11-26)7-6-15-23-17(22)16-19(24-15)27(2)18(25-16)13-4-3-5-14(21)12-13;;/h3-5,12,28H,8-11H2,1-2H3,(H2,22,23,24);2*1H. The van der Waals surface area contributed by atoms with E-state index in [9.17, 15) is 9.50 Å². The van der Waals surface area contributed by atoms with Crippen LogP contribution in [0.5, 0.6) is 0 Å². The third kappa shape index (κ3) is 4.65. The van der Waals surface area contributed by atoms with Gasteiger partial charge in [-0.2, -0.15) is 0 Å². The van der Waals surface area contributed by atoms with Gasteiger partial charge in [-0.05, 0) is 25.1 Å². The average Bonchev–Trinajstić information content (AvgIpc) is 3.00. The highest BCUT2D eigenvalue weighted by Crippen LogP contribution is 2.26. The van der Waals surface area contributed by atoms with E-state index in [1.807, 2.05) is 7.05 Å². The first-order valence-electron chi connectivity index (χ1n) is 9.05. The van der Waals surface area contributed by atoms with E-state index >= 15 is 0 Å². The highest BCUT2D eigenvalue weighted by molar-refractivity contribution is 5.86. The van der Waals surface area contributed by atoms with Crippen LogP contribution in [0.25, 0.3) is 22.6 Å². The molecule has 1 aliphatic heterocycles. The first-order valence-corrected chi connectivity index (χ1v) is 9.05. The Morgan fingerprint density at radius 3 is 2.50 bits per heavy atom. The molecule has 0 bridgehead atoms. The maximum Gasteiger partial charge on any atom is 0.209 e. The van der Waals surface area contributed by atoms with Crippen LogP contribution >= 0.6 is 24.8 Å². The van der Waals surface area contributed by atoms with E-state index in [2.05, 4.69) is 31.7 Å². The lowest BCUT2D eigenvalue weighted by Gasteiger charge is -2.32. The molecular weight excluding hydrogens is 430 g/mol. The van der Waals surface area contributed by atoms with Gasteiger partial charge >= 0.3 is 0 Å². The molecule has 0 radical (unpaired) electrons. The van der Waals surface area contributed by atoms with Crippen LogP contribution in [-0.4, -0.2) is 55.3 Å². The Kier molecular flexibility index (Phi) is 7.27. The van der Waals surface area contributed by atoms with Crippen LogP contribution in [0, 0.1) is 17.7 Å². The lowest BCUT2D eigenvalue weighted by molar-refractivity contribution is 0.0350. The van der Waals surface area contributed by atoms with Gasteiger partial charge in [0.2, 0.25) is 5.82 Å². The van der Waals surface area contributed by atoms with Crippen molar-refractivity contribution >= 4 is 41.8 Å². The van der Waals surface area contributed by atoms with Crippen molar-refractivity contribution in [2.45, 2.75) is 18.4 Å². The zero-order chi connectivity index (χ0) is 19.9. The van der Waals surface area contributed by atoms with Gasteiger partial charge in [-0.3, -0.25) is 0 Å². The van der Waals surface area contributed by atoms with Crippen molar-refractivity contribution in [3.8, 4) is 23.2 Å². The molecule has 3 heterocycles. The van der Waals surface area contributed by atoms with Gasteiger partial charge in [-0.1, -0.05) is 18.1 Å². The summed E-state index contributed by atoms with van der Waals surface area (Å²) in [6, 6.07) is 6.17. The Labute approximate surface area is 186 Å². The second kappa shape index (κ2) is 9.14. The smallest absolute Gasteiger partial charge is 0.209 e. The summed E-state index contributed by atoms with van der Waals surface area (Å²) in [6.45, 7) is 1.57. The Balaban J connectivity index is 0.00000160. The molecule has 0 unspecified atom stereocenters. The fourth-order valence-electron chi connectivity index (χ4n) is 3.31. The number of piperidine rings is 1. The molecule has 1 aliphatic rings. The monoisotopic (exact) mass is 452 g/mol. The molecule has 4 rings (SSSR count). The zero-order valence-corrected chi connectivity index (χ0v) is 18.2. The number of rotatable bonds is 1. The molecule has 0 amide bonds. The van der Waals surface area contributed by atoms with E-state index in [4.69, 9.17) is 5.73 Å². The number of likely N-dealkylation sites (tertiary alicyclic amines) is 1.